The van der Waals surface area contributed by atoms with E-state index >= 15 is 0 Å². The van der Waals surface area contributed by atoms with Crippen molar-refractivity contribution < 1.29 is 9.53 Å². The molecule has 1 aliphatic rings. The van der Waals surface area contributed by atoms with E-state index in [-0.39, 0.29) is 11.5 Å². The third-order valence-corrected chi connectivity index (χ3v) is 4.75. The van der Waals surface area contributed by atoms with Gasteiger partial charge in [-0.3, -0.25) is 14.2 Å². The maximum atomic E-state index is 12.8. The maximum absolute atomic E-state index is 12.8. The van der Waals surface area contributed by atoms with Crippen LogP contribution in [0.5, 0.6) is 5.75 Å². The summed E-state index contributed by atoms with van der Waals surface area (Å²) in [6.45, 7) is 3.20. The minimum absolute atomic E-state index is 0.0353. The zero-order valence-corrected chi connectivity index (χ0v) is 15.2. The van der Waals surface area contributed by atoms with Crippen molar-refractivity contribution in [2.24, 2.45) is 0 Å². The minimum atomic E-state index is -0.233. The molecule has 27 heavy (non-hydrogen) atoms. The van der Waals surface area contributed by atoms with E-state index in [9.17, 15) is 9.59 Å². The van der Waals surface area contributed by atoms with Crippen LogP contribution in [0.4, 0.5) is 5.69 Å². The van der Waals surface area contributed by atoms with Gasteiger partial charge < -0.3 is 10.1 Å². The average molecular weight is 363 g/mol. The largest absolute Gasteiger partial charge is 0.494 e. The summed E-state index contributed by atoms with van der Waals surface area (Å²) in [5, 5.41) is 3.39. The van der Waals surface area contributed by atoms with Crippen molar-refractivity contribution in [1.82, 2.24) is 9.55 Å². The predicted molar refractivity (Wildman–Crippen MR) is 105 cm³/mol. The first-order valence-corrected chi connectivity index (χ1v) is 9.23. The molecule has 2 heterocycles. The van der Waals surface area contributed by atoms with E-state index in [1.807, 2.05) is 6.92 Å². The van der Waals surface area contributed by atoms with Gasteiger partial charge in [-0.15, -0.1) is 0 Å². The fraction of sp³-hybridized carbons (Fsp3) is 0.286. The second-order valence-electron chi connectivity index (χ2n) is 6.59. The van der Waals surface area contributed by atoms with E-state index in [1.54, 1.807) is 47.0 Å². The van der Waals surface area contributed by atoms with Crippen LogP contribution < -0.4 is 15.6 Å². The fourth-order valence-electron chi connectivity index (χ4n) is 3.39. The molecule has 0 atom stereocenters. The van der Waals surface area contributed by atoms with Gasteiger partial charge in [-0.2, -0.15) is 0 Å². The molecule has 2 aromatic carbocycles. The zero-order chi connectivity index (χ0) is 18.8. The van der Waals surface area contributed by atoms with E-state index in [0.29, 0.717) is 35.3 Å². The Morgan fingerprint density at radius 1 is 1.19 bits per heavy atom. The molecule has 0 fully saturated rings. The van der Waals surface area contributed by atoms with Gasteiger partial charge >= 0.3 is 0 Å². The van der Waals surface area contributed by atoms with Crippen LogP contribution in [0.2, 0.25) is 0 Å². The molecule has 0 bridgehead atoms. The molecule has 0 spiro atoms. The minimum Gasteiger partial charge on any atom is -0.494 e. The number of aromatic nitrogens is 2. The summed E-state index contributed by atoms with van der Waals surface area (Å²) in [6, 6.07) is 12.2. The molecule has 1 N–H and O–H groups in total. The second-order valence-corrected chi connectivity index (χ2v) is 6.59. The topological polar surface area (TPSA) is 73.2 Å². The number of nitrogens with zero attached hydrogens (tertiary/aromatic N) is 2. The molecule has 1 aromatic heterocycles. The van der Waals surface area contributed by atoms with E-state index in [2.05, 4.69) is 10.3 Å². The number of rotatable bonds is 4. The van der Waals surface area contributed by atoms with Gasteiger partial charge in [0, 0.05) is 24.2 Å². The van der Waals surface area contributed by atoms with Crippen LogP contribution in [-0.2, 0) is 13.0 Å². The molecule has 3 aromatic rings. The van der Waals surface area contributed by atoms with Crippen molar-refractivity contribution >= 4 is 22.5 Å². The Labute approximate surface area is 156 Å². The molecule has 0 unspecified atom stereocenters. The van der Waals surface area contributed by atoms with E-state index in [0.717, 1.165) is 30.8 Å². The summed E-state index contributed by atoms with van der Waals surface area (Å²) < 4.78 is 7.14. The van der Waals surface area contributed by atoms with Gasteiger partial charge in [-0.05, 0) is 62.2 Å². The lowest BCUT2D eigenvalue weighted by atomic mass is 10.1. The van der Waals surface area contributed by atoms with Crippen LogP contribution >= 0.6 is 0 Å². The van der Waals surface area contributed by atoms with Crippen molar-refractivity contribution in [3.8, 4) is 5.75 Å². The number of fused-ring (bicyclic) bond motifs is 2. The lowest BCUT2D eigenvalue weighted by Crippen LogP contribution is -2.28. The summed E-state index contributed by atoms with van der Waals surface area (Å²) >= 11 is 0. The Hall–Kier alpha value is -3.15. The molecule has 0 aliphatic carbocycles. The number of hydrogen-bond donors (Lipinski definition) is 1. The molecule has 0 saturated carbocycles. The van der Waals surface area contributed by atoms with Gasteiger partial charge in [-0.25, -0.2) is 4.98 Å². The van der Waals surface area contributed by atoms with E-state index in [1.165, 1.54) is 0 Å². The van der Waals surface area contributed by atoms with Gasteiger partial charge in [0.1, 0.15) is 11.6 Å². The van der Waals surface area contributed by atoms with Crippen LogP contribution in [0.3, 0.4) is 0 Å². The molecule has 0 radical (unpaired) electrons. The lowest BCUT2D eigenvalue weighted by molar-refractivity contribution is 0.102. The Kier molecular flexibility index (Phi) is 4.62. The van der Waals surface area contributed by atoms with Crippen LogP contribution in [-0.4, -0.2) is 22.1 Å². The summed E-state index contributed by atoms with van der Waals surface area (Å²) in [5.74, 6) is 1.34. The van der Waals surface area contributed by atoms with Crippen molar-refractivity contribution in [2.75, 3.05) is 11.9 Å². The van der Waals surface area contributed by atoms with Gasteiger partial charge in [0.2, 0.25) is 0 Å². The Morgan fingerprint density at radius 2 is 2.00 bits per heavy atom. The van der Waals surface area contributed by atoms with Gasteiger partial charge in [0.05, 0.1) is 17.5 Å². The highest BCUT2D eigenvalue weighted by Gasteiger charge is 2.15. The molecule has 1 aliphatic heterocycles. The Balaban J connectivity index is 1.61. The second kappa shape index (κ2) is 7.23. The number of aryl methyl sites for hydroxylation is 1. The smallest absolute Gasteiger partial charge is 0.261 e. The Bertz CT molecular complexity index is 1050. The van der Waals surface area contributed by atoms with Gasteiger partial charge in [-0.1, -0.05) is 0 Å². The summed E-state index contributed by atoms with van der Waals surface area (Å²) in [7, 11) is 0. The molecule has 6 heteroatoms. The number of amides is 1. The number of benzene rings is 2. The van der Waals surface area contributed by atoms with E-state index in [4.69, 9.17) is 4.74 Å². The number of nitrogens with one attached hydrogen (secondary N) is 1. The molecular weight excluding hydrogens is 342 g/mol. The number of hydrogen-bond acceptors (Lipinski definition) is 4. The quantitative estimate of drug-likeness (QED) is 0.771. The predicted octanol–water partition coefficient (Wildman–Crippen LogP) is 3.38. The monoisotopic (exact) mass is 363 g/mol. The lowest BCUT2D eigenvalue weighted by Gasteiger charge is -2.18. The standard InChI is InChI=1S/C21H21N3O3/c1-2-27-16-9-6-14(7-10-16)20(25)22-15-8-11-18-17(13-15)21(26)24-12-4-3-5-19(24)23-18/h6-11,13H,2-5,12H2,1H3,(H,22,25). The molecule has 1 amide bonds. The maximum Gasteiger partial charge on any atom is 0.261 e. The zero-order valence-electron chi connectivity index (χ0n) is 15.2. The van der Waals surface area contributed by atoms with Gasteiger partial charge in [0.25, 0.3) is 11.5 Å². The normalized spacial score (nSPS) is 13.2. The first-order valence-electron chi connectivity index (χ1n) is 9.23. The van der Waals surface area contributed by atoms with Crippen LogP contribution in [0.25, 0.3) is 10.9 Å². The number of carbonyl (C=O) groups is 1. The van der Waals surface area contributed by atoms with Crippen LogP contribution in [0, 0.1) is 0 Å². The first-order chi connectivity index (χ1) is 13.2. The first kappa shape index (κ1) is 17.3. The average Bonchev–Trinajstić information content (AvgIpc) is 2.69. The Morgan fingerprint density at radius 3 is 2.78 bits per heavy atom. The number of anilines is 1. The number of carbonyl (C=O) groups excluding carboxylic acids is 1. The van der Waals surface area contributed by atoms with Crippen LogP contribution in [0.1, 0.15) is 35.9 Å². The third-order valence-electron chi connectivity index (χ3n) is 4.75. The molecule has 4 rings (SSSR count). The fourth-order valence-corrected chi connectivity index (χ4v) is 3.39. The van der Waals surface area contributed by atoms with Crippen molar-refractivity contribution in [3.63, 3.8) is 0 Å². The molecule has 0 saturated heterocycles. The van der Waals surface area contributed by atoms with Crippen molar-refractivity contribution in [2.45, 2.75) is 32.7 Å². The van der Waals surface area contributed by atoms with Crippen molar-refractivity contribution in [3.05, 3.63) is 64.2 Å². The van der Waals surface area contributed by atoms with Crippen molar-refractivity contribution in [1.29, 1.82) is 0 Å². The summed E-state index contributed by atoms with van der Waals surface area (Å²) in [6.07, 6.45) is 2.89. The highest BCUT2D eigenvalue weighted by molar-refractivity contribution is 6.05. The van der Waals surface area contributed by atoms with E-state index < -0.39 is 0 Å². The third kappa shape index (κ3) is 3.43. The van der Waals surface area contributed by atoms with Crippen LogP contribution in [0.15, 0.2) is 47.3 Å². The highest BCUT2D eigenvalue weighted by Crippen LogP contribution is 2.19. The number of ether oxygens (including phenoxy) is 1. The molecule has 138 valence electrons. The summed E-state index contributed by atoms with van der Waals surface area (Å²) in [4.78, 5) is 29.9. The molecular formula is C21H21N3O3. The molecule has 6 nitrogen and oxygen atoms in total. The summed E-state index contributed by atoms with van der Waals surface area (Å²) in [5.41, 5.74) is 1.74. The van der Waals surface area contributed by atoms with Gasteiger partial charge in [0.15, 0.2) is 0 Å². The highest BCUT2D eigenvalue weighted by atomic mass is 16.5. The SMILES string of the molecule is CCOc1ccc(C(=O)Nc2ccc3nc4n(c(=O)c3c2)CCCC4)cc1.